The van der Waals surface area contributed by atoms with Gasteiger partial charge in [0.15, 0.2) is 11.5 Å². The molecule has 0 aliphatic heterocycles. The third kappa shape index (κ3) is 5.36. The summed E-state index contributed by atoms with van der Waals surface area (Å²) in [5, 5.41) is 0.509. The van der Waals surface area contributed by atoms with Crippen LogP contribution in [0.2, 0.25) is 5.02 Å². The van der Waals surface area contributed by atoms with E-state index in [4.69, 9.17) is 21.1 Å². The van der Waals surface area contributed by atoms with Gasteiger partial charge in [0, 0.05) is 11.1 Å². The van der Waals surface area contributed by atoms with Gasteiger partial charge >= 0.3 is 11.9 Å². The molecule has 0 saturated carbocycles. The Labute approximate surface area is 150 Å². The van der Waals surface area contributed by atoms with Gasteiger partial charge in [-0.1, -0.05) is 35.9 Å². The Morgan fingerprint density at radius 3 is 2.52 bits per heavy atom. The summed E-state index contributed by atoms with van der Waals surface area (Å²) in [6.45, 7) is 0. The maximum atomic E-state index is 12.1. The number of benzene rings is 2. The summed E-state index contributed by atoms with van der Waals surface area (Å²) in [7, 11) is 2.77. The Bertz CT molecular complexity index is 798. The molecule has 0 aliphatic carbocycles. The van der Waals surface area contributed by atoms with Crippen molar-refractivity contribution < 1.29 is 23.8 Å². The molecule has 0 heterocycles. The number of methoxy groups -OCH3 is 2. The number of rotatable bonds is 6. The number of carbonyl (C=O) groups is 2. The molecule has 0 atom stereocenters. The van der Waals surface area contributed by atoms with Crippen LogP contribution >= 0.6 is 11.6 Å². The fourth-order valence-electron chi connectivity index (χ4n) is 2.06. The van der Waals surface area contributed by atoms with Crippen molar-refractivity contribution in [1.82, 2.24) is 0 Å². The van der Waals surface area contributed by atoms with Crippen LogP contribution < -0.4 is 9.47 Å². The molecule has 0 N–H and O–H groups in total. The second kappa shape index (κ2) is 8.89. The van der Waals surface area contributed by atoms with E-state index in [9.17, 15) is 9.59 Å². The smallest absolute Gasteiger partial charge is 0.330 e. The van der Waals surface area contributed by atoms with Crippen LogP contribution in [0.15, 0.2) is 48.5 Å². The summed E-state index contributed by atoms with van der Waals surface area (Å²) in [5.74, 6) is -0.257. The molecule has 5 nitrogen and oxygen atoms in total. The van der Waals surface area contributed by atoms with Crippen LogP contribution in [-0.4, -0.2) is 26.2 Å². The summed E-state index contributed by atoms with van der Waals surface area (Å²) in [5.41, 5.74) is 1.39. The Hall–Kier alpha value is -2.79. The van der Waals surface area contributed by atoms with Crippen molar-refractivity contribution in [2.45, 2.75) is 6.42 Å². The minimum Gasteiger partial charge on any atom is -0.493 e. The van der Waals surface area contributed by atoms with Crippen LogP contribution in [0.25, 0.3) is 6.08 Å². The van der Waals surface area contributed by atoms with Gasteiger partial charge in [0.25, 0.3) is 0 Å². The van der Waals surface area contributed by atoms with Gasteiger partial charge in [-0.05, 0) is 35.4 Å². The summed E-state index contributed by atoms with van der Waals surface area (Å²) in [6.07, 6.45) is 2.91. The Morgan fingerprint density at radius 1 is 1.08 bits per heavy atom. The van der Waals surface area contributed by atoms with Gasteiger partial charge in [0.05, 0.1) is 20.6 Å². The van der Waals surface area contributed by atoms with Crippen molar-refractivity contribution in [3.63, 3.8) is 0 Å². The molecule has 6 heteroatoms. The van der Waals surface area contributed by atoms with Crippen LogP contribution in [-0.2, 0) is 20.7 Å². The second-order valence-corrected chi connectivity index (χ2v) is 5.42. The minimum absolute atomic E-state index is 0.0484. The third-order valence-corrected chi connectivity index (χ3v) is 3.69. The Balaban J connectivity index is 2.11. The highest BCUT2D eigenvalue weighted by Crippen LogP contribution is 2.29. The monoisotopic (exact) mass is 360 g/mol. The summed E-state index contributed by atoms with van der Waals surface area (Å²) in [6, 6.07) is 12.0. The van der Waals surface area contributed by atoms with Gasteiger partial charge in [-0.2, -0.15) is 0 Å². The maximum absolute atomic E-state index is 12.1. The molecular weight excluding hydrogens is 344 g/mol. The van der Waals surface area contributed by atoms with Crippen molar-refractivity contribution in [2.75, 3.05) is 14.2 Å². The summed E-state index contributed by atoms with van der Waals surface area (Å²) < 4.78 is 15.1. The van der Waals surface area contributed by atoms with E-state index < -0.39 is 11.9 Å². The largest absolute Gasteiger partial charge is 0.493 e. The fourth-order valence-corrected chi connectivity index (χ4v) is 2.26. The van der Waals surface area contributed by atoms with Crippen LogP contribution in [0, 0.1) is 0 Å². The first-order valence-corrected chi connectivity index (χ1v) is 7.79. The van der Waals surface area contributed by atoms with Gasteiger partial charge in [-0.25, -0.2) is 4.79 Å². The van der Waals surface area contributed by atoms with E-state index in [1.807, 2.05) is 0 Å². The van der Waals surface area contributed by atoms with Gasteiger partial charge < -0.3 is 14.2 Å². The van der Waals surface area contributed by atoms with Crippen LogP contribution in [0.3, 0.4) is 0 Å². The predicted octanol–water partition coefficient (Wildman–Crippen LogP) is 3.68. The lowest BCUT2D eigenvalue weighted by Crippen LogP contribution is -2.12. The lowest BCUT2D eigenvalue weighted by molar-refractivity contribution is -0.135. The predicted molar refractivity (Wildman–Crippen MR) is 94.8 cm³/mol. The molecule has 0 fully saturated rings. The molecule has 2 aromatic rings. The topological polar surface area (TPSA) is 61.8 Å². The quantitative estimate of drug-likeness (QED) is 0.446. The number of hydrogen-bond acceptors (Lipinski definition) is 5. The average molecular weight is 361 g/mol. The SMILES string of the molecule is COC(=O)/C=C/c1ccc(OC(=O)Cc2ccccc2Cl)c(OC)c1. The normalized spacial score (nSPS) is 10.5. The molecule has 0 spiro atoms. The van der Waals surface area contributed by atoms with E-state index in [0.29, 0.717) is 21.9 Å². The van der Waals surface area contributed by atoms with Crippen molar-refractivity contribution >= 4 is 29.6 Å². The van der Waals surface area contributed by atoms with Gasteiger partial charge in [0.1, 0.15) is 0 Å². The van der Waals surface area contributed by atoms with E-state index in [-0.39, 0.29) is 12.2 Å². The molecule has 0 aliphatic rings. The number of halogens is 1. The Morgan fingerprint density at radius 2 is 1.84 bits per heavy atom. The van der Waals surface area contributed by atoms with Crippen molar-refractivity contribution in [1.29, 1.82) is 0 Å². The van der Waals surface area contributed by atoms with Crippen molar-refractivity contribution in [3.8, 4) is 11.5 Å². The maximum Gasteiger partial charge on any atom is 0.330 e. The molecule has 0 aromatic heterocycles. The molecule has 0 saturated heterocycles. The standard InChI is InChI=1S/C19H17ClO5/c1-23-17-11-13(8-10-18(21)24-2)7-9-16(17)25-19(22)12-14-5-3-4-6-15(14)20/h3-11H,12H2,1-2H3/b10-8+. The molecule has 0 unspecified atom stereocenters. The zero-order valence-corrected chi connectivity index (χ0v) is 14.6. The van der Waals surface area contributed by atoms with Crippen molar-refractivity contribution in [2.24, 2.45) is 0 Å². The first kappa shape index (κ1) is 18.5. The van der Waals surface area contributed by atoms with E-state index in [0.717, 1.165) is 0 Å². The molecule has 2 aromatic carbocycles. The molecule has 2 rings (SSSR count). The minimum atomic E-state index is -0.464. The first-order chi connectivity index (χ1) is 12.0. The van der Waals surface area contributed by atoms with Crippen LogP contribution in [0.4, 0.5) is 0 Å². The van der Waals surface area contributed by atoms with E-state index in [1.165, 1.54) is 20.3 Å². The number of ether oxygens (including phenoxy) is 3. The zero-order valence-electron chi connectivity index (χ0n) is 13.8. The number of carbonyl (C=O) groups excluding carboxylic acids is 2. The van der Waals surface area contributed by atoms with Crippen molar-refractivity contribution in [3.05, 3.63) is 64.7 Å². The Kier molecular flexibility index (Phi) is 6.60. The molecular formula is C19H17ClO5. The second-order valence-electron chi connectivity index (χ2n) is 5.01. The number of esters is 2. The summed E-state index contributed by atoms with van der Waals surface area (Å²) >= 11 is 6.05. The highest BCUT2D eigenvalue weighted by molar-refractivity contribution is 6.31. The lowest BCUT2D eigenvalue weighted by Gasteiger charge is -2.10. The van der Waals surface area contributed by atoms with Gasteiger partial charge in [-0.3, -0.25) is 4.79 Å². The van der Waals surface area contributed by atoms with E-state index >= 15 is 0 Å². The third-order valence-electron chi connectivity index (χ3n) is 3.32. The molecule has 130 valence electrons. The molecule has 25 heavy (non-hydrogen) atoms. The van der Waals surface area contributed by atoms with E-state index in [1.54, 1.807) is 48.5 Å². The van der Waals surface area contributed by atoms with E-state index in [2.05, 4.69) is 4.74 Å². The van der Waals surface area contributed by atoms with Gasteiger partial charge in [0.2, 0.25) is 0 Å². The van der Waals surface area contributed by atoms with Gasteiger partial charge in [-0.15, -0.1) is 0 Å². The van der Waals surface area contributed by atoms with Crippen LogP contribution in [0.5, 0.6) is 11.5 Å². The molecule has 0 radical (unpaired) electrons. The summed E-state index contributed by atoms with van der Waals surface area (Å²) in [4.78, 5) is 23.3. The fraction of sp³-hybridized carbons (Fsp3) is 0.158. The molecule has 0 bridgehead atoms. The molecule has 0 amide bonds. The van der Waals surface area contributed by atoms with Crippen LogP contribution in [0.1, 0.15) is 11.1 Å². The lowest BCUT2D eigenvalue weighted by atomic mass is 10.1. The number of hydrogen-bond donors (Lipinski definition) is 0. The highest BCUT2D eigenvalue weighted by atomic mass is 35.5. The first-order valence-electron chi connectivity index (χ1n) is 7.41. The average Bonchev–Trinajstić information content (AvgIpc) is 2.62. The highest BCUT2D eigenvalue weighted by Gasteiger charge is 2.13. The zero-order chi connectivity index (χ0) is 18.2.